The maximum atomic E-state index is 13.3. The number of hydrogen-bond donors (Lipinski definition) is 2. The molecule has 1 aliphatic rings. The van der Waals surface area contributed by atoms with Crippen LogP contribution in [0.2, 0.25) is 0 Å². The Morgan fingerprint density at radius 2 is 2.16 bits per heavy atom. The van der Waals surface area contributed by atoms with Gasteiger partial charge in [0.25, 0.3) is 0 Å². The van der Waals surface area contributed by atoms with Crippen LogP contribution in [0.5, 0.6) is 0 Å². The predicted octanol–water partition coefficient (Wildman–Crippen LogP) is 2.44. The molecule has 12 heteroatoms. The first-order chi connectivity index (χ1) is 14.6. The van der Waals surface area contributed by atoms with E-state index in [0.717, 1.165) is 17.8 Å². The molecule has 0 aliphatic carbocycles. The van der Waals surface area contributed by atoms with Crippen LogP contribution < -0.4 is 14.3 Å². The van der Waals surface area contributed by atoms with Crippen molar-refractivity contribution in [2.75, 3.05) is 29.8 Å². The van der Waals surface area contributed by atoms with Gasteiger partial charge in [-0.1, -0.05) is 13.8 Å². The van der Waals surface area contributed by atoms with Crippen molar-refractivity contribution in [3.8, 4) is 6.07 Å². The third-order valence-electron chi connectivity index (χ3n) is 5.00. The maximum Gasteiger partial charge on any atom is 0.334 e. The lowest BCUT2D eigenvalue weighted by Crippen LogP contribution is -2.54. The zero-order valence-corrected chi connectivity index (χ0v) is 19.6. The highest BCUT2D eigenvalue weighted by molar-refractivity contribution is 7.91. The first-order valence-electron chi connectivity index (χ1n) is 9.95. The summed E-state index contributed by atoms with van der Waals surface area (Å²) in [4.78, 5) is 16.0. The van der Waals surface area contributed by atoms with Crippen LogP contribution in [0.15, 0.2) is 18.5 Å². The number of nitrogens with zero attached hydrogens (tertiary/aromatic N) is 5. The molecule has 10 nitrogen and oxygen atoms in total. The maximum absolute atomic E-state index is 13.3. The molecule has 1 saturated heterocycles. The summed E-state index contributed by atoms with van der Waals surface area (Å²) in [6, 6.07) is 2.42. The average molecular weight is 466 g/mol. The number of likely N-dealkylation sites (N-methyl/N-ethyl adjacent to an activating group) is 1. The van der Waals surface area contributed by atoms with Crippen molar-refractivity contribution in [2.45, 2.75) is 38.6 Å². The second-order valence-corrected chi connectivity index (χ2v) is 10.6. The van der Waals surface area contributed by atoms with E-state index in [9.17, 15) is 13.2 Å². The smallest absolute Gasteiger partial charge is 0.306 e. The summed E-state index contributed by atoms with van der Waals surface area (Å²) in [6.45, 7) is 5.32. The third kappa shape index (κ3) is 5.36. The van der Waals surface area contributed by atoms with E-state index in [2.05, 4.69) is 26.1 Å². The van der Waals surface area contributed by atoms with E-state index in [4.69, 9.17) is 5.26 Å². The fraction of sp³-hybridized carbons (Fsp3) is 0.526. The third-order valence-corrected chi connectivity index (χ3v) is 7.81. The summed E-state index contributed by atoms with van der Waals surface area (Å²) >= 11 is 1.28. The van der Waals surface area contributed by atoms with E-state index < -0.39 is 16.2 Å². The van der Waals surface area contributed by atoms with Gasteiger partial charge in [-0.2, -0.15) is 18.8 Å². The van der Waals surface area contributed by atoms with Crippen LogP contribution in [-0.4, -0.2) is 55.3 Å². The van der Waals surface area contributed by atoms with Crippen LogP contribution in [0.1, 0.15) is 42.4 Å². The first kappa shape index (κ1) is 23.1. The molecule has 2 aromatic rings. The number of anilines is 2. The Labute approximate surface area is 186 Å². The number of carbonyl (C=O) groups excluding carboxylic acids is 1. The van der Waals surface area contributed by atoms with Gasteiger partial charge in [0.05, 0.1) is 23.6 Å². The topological polar surface area (TPSA) is 123 Å². The number of aromatic nitrogens is 2. The molecule has 0 saturated carbocycles. The van der Waals surface area contributed by atoms with E-state index in [1.807, 2.05) is 20.9 Å². The molecule has 0 spiro atoms. The highest BCUT2D eigenvalue weighted by Crippen LogP contribution is 2.33. The molecule has 1 atom stereocenters. The fourth-order valence-electron chi connectivity index (χ4n) is 3.70. The Balaban J connectivity index is 1.84. The zero-order chi connectivity index (χ0) is 22.8. The number of nitriles is 1. The minimum Gasteiger partial charge on any atom is -0.306 e. The molecule has 0 radical (unpaired) electrons. The number of amides is 2. The van der Waals surface area contributed by atoms with Crippen molar-refractivity contribution in [2.24, 2.45) is 7.05 Å². The number of aryl methyl sites for hydroxylation is 1. The van der Waals surface area contributed by atoms with Crippen molar-refractivity contribution in [1.29, 1.82) is 5.26 Å². The summed E-state index contributed by atoms with van der Waals surface area (Å²) in [7, 11) is -0.558. The van der Waals surface area contributed by atoms with E-state index in [1.165, 1.54) is 26.5 Å². The number of thiophene rings is 1. The van der Waals surface area contributed by atoms with E-state index in [0.29, 0.717) is 29.2 Å². The molecular weight excluding hydrogens is 438 g/mol. The highest BCUT2D eigenvalue weighted by atomic mass is 32.2. The van der Waals surface area contributed by atoms with Crippen molar-refractivity contribution in [1.82, 2.24) is 19.4 Å². The molecule has 0 bridgehead atoms. The summed E-state index contributed by atoms with van der Waals surface area (Å²) in [6.07, 6.45) is 4.61. The van der Waals surface area contributed by atoms with Gasteiger partial charge >= 0.3 is 16.2 Å². The number of piperidine rings is 1. The minimum absolute atomic E-state index is 0.0728. The van der Waals surface area contributed by atoms with Gasteiger partial charge in [-0.05, 0) is 38.4 Å². The van der Waals surface area contributed by atoms with Gasteiger partial charge in [0.1, 0.15) is 10.9 Å². The van der Waals surface area contributed by atoms with Crippen LogP contribution in [0.25, 0.3) is 0 Å². The van der Waals surface area contributed by atoms with Gasteiger partial charge in [-0.3, -0.25) is 4.68 Å². The quantitative estimate of drug-likeness (QED) is 0.675. The lowest BCUT2D eigenvalue weighted by Gasteiger charge is -2.37. The molecule has 1 unspecified atom stereocenters. The molecule has 3 heterocycles. The zero-order valence-electron chi connectivity index (χ0n) is 18.0. The van der Waals surface area contributed by atoms with E-state index in [1.54, 1.807) is 19.3 Å². The summed E-state index contributed by atoms with van der Waals surface area (Å²) in [5.74, 6) is 0.0728. The van der Waals surface area contributed by atoms with Gasteiger partial charge < -0.3 is 10.2 Å². The lowest BCUT2D eigenvalue weighted by molar-refractivity contribution is 0.251. The van der Waals surface area contributed by atoms with Gasteiger partial charge in [-0.15, -0.1) is 11.3 Å². The van der Waals surface area contributed by atoms with Crippen molar-refractivity contribution >= 4 is 39.0 Å². The monoisotopic (exact) mass is 465 g/mol. The standard InChI is InChI=1S/C19H27N7O3S2/c1-13(2)18-17(8-16(9-20)30-18)22-19(27)23-31(28,29)26(15-10-21-25(4)12-15)14-6-5-7-24(3)11-14/h8,10,12-14H,5-7,11H2,1-4H3,(H2,22,23,27). The minimum atomic E-state index is -4.21. The SMILES string of the molecule is CC(C)c1sc(C#N)cc1NC(=O)NS(=O)(=O)N(c1cnn(C)c1)C1CCCN(C)C1. The lowest BCUT2D eigenvalue weighted by atomic mass is 10.1. The van der Waals surface area contributed by atoms with E-state index >= 15 is 0 Å². The molecule has 1 aliphatic heterocycles. The Kier molecular flexibility index (Phi) is 6.88. The van der Waals surface area contributed by atoms with E-state index in [-0.39, 0.29) is 12.0 Å². The molecule has 2 amide bonds. The highest BCUT2D eigenvalue weighted by Gasteiger charge is 2.35. The Morgan fingerprint density at radius 3 is 2.74 bits per heavy atom. The normalized spacial score (nSPS) is 17.4. The number of nitrogens with one attached hydrogen (secondary N) is 2. The number of rotatable bonds is 6. The van der Waals surface area contributed by atoms with Crippen LogP contribution >= 0.6 is 11.3 Å². The average Bonchev–Trinajstić information content (AvgIpc) is 3.27. The summed E-state index contributed by atoms with van der Waals surface area (Å²) in [5.41, 5.74) is 0.836. The Bertz CT molecular complexity index is 1080. The molecule has 1 fully saturated rings. The van der Waals surface area contributed by atoms with Crippen molar-refractivity contribution in [3.63, 3.8) is 0 Å². The molecule has 168 valence electrons. The number of likely N-dealkylation sites (tertiary alicyclic amines) is 1. The fourth-order valence-corrected chi connectivity index (χ4v) is 5.93. The Morgan fingerprint density at radius 1 is 1.42 bits per heavy atom. The largest absolute Gasteiger partial charge is 0.334 e. The Hall–Kier alpha value is -2.62. The van der Waals surface area contributed by atoms with Crippen molar-refractivity contribution < 1.29 is 13.2 Å². The number of hydrogen-bond acceptors (Lipinski definition) is 7. The van der Waals surface area contributed by atoms with Gasteiger partial charge in [0, 0.05) is 24.7 Å². The molecule has 3 rings (SSSR count). The summed E-state index contributed by atoms with van der Waals surface area (Å²) in [5, 5.41) is 15.9. The molecule has 2 N–H and O–H groups in total. The summed E-state index contributed by atoms with van der Waals surface area (Å²) < 4.78 is 31.4. The number of urea groups is 1. The second-order valence-electron chi connectivity index (χ2n) is 7.94. The number of carbonyl (C=O) groups is 1. The van der Waals surface area contributed by atoms with Crippen LogP contribution in [-0.2, 0) is 17.3 Å². The molecule has 31 heavy (non-hydrogen) atoms. The molecule has 0 aromatic carbocycles. The molecule has 2 aromatic heterocycles. The first-order valence-corrected chi connectivity index (χ1v) is 12.2. The van der Waals surface area contributed by atoms with Gasteiger partial charge in [-0.25, -0.2) is 13.8 Å². The predicted molar refractivity (Wildman–Crippen MR) is 120 cm³/mol. The van der Waals surface area contributed by atoms with Crippen LogP contribution in [0.4, 0.5) is 16.2 Å². The molecular formula is C19H27N7O3S2. The van der Waals surface area contributed by atoms with Crippen LogP contribution in [0.3, 0.4) is 0 Å². The van der Waals surface area contributed by atoms with Gasteiger partial charge in [0.2, 0.25) is 0 Å². The van der Waals surface area contributed by atoms with Crippen LogP contribution in [0, 0.1) is 11.3 Å². The van der Waals surface area contributed by atoms with Gasteiger partial charge in [0.15, 0.2) is 0 Å². The van der Waals surface area contributed by atoms with Crippen molar-refractivity contribution in [3.05, 3.63) is 28.2 Å². The second kappa shape index (κ2) is 9.25.